The maximum Gasteiger partial charge on any atom is 0.339 e. The molecule has 2 unspecified atom stereocenters. The molecule has 0 saturated carbocycles. The molecule has 2 N–H and O–H groups in total. The molecule has 0 fully saturated rings. The number of carboxylic acids is 1. The van der Waals surface area contributed by atoms with Gasteiger partial charge in [-0.15, -0.1) is 0 Å². The zero-order valence-corrected chi connectivity index (χ0v) is 15.7. The summed E-state index contributed by atoms with van der Waals surface area (Å²) in [5.41, 5.74) is 2.85. The smallest absolute Gasteiger partial charge is 0.339 e. The SMILES string of the molecule is CC(CC(c1ccccc1)c1cc(C(=O)O)c(O)cc1Cl)c1ccccc1. The fourth-order valence-corrected chi connectivity index (χ4v) is 3.71. The minimum Gasteiger partial charge on any atom is -0.507 e. The molecule has 0 radical (unpaired) electrons. The van der Waals surface area contributed by atoms with Crippen molar-refractivity contribution in [3.8, 4) is 5.75 Å². The van der Waals surface area contributed by atoms with E-state index in [9.17, 15) is 15.0 Å². The zero-order chi connectivity index (χ0) is 19.4. The van der Waals surface area contributed by atoms with Crippen LogP contribution in [0.15, 0.2) is 72.8 Å². The van der Waals surface area contributed by atoms with Gasteiger partial charge >= 0.3 is 5.97 Å². The molecule has 0 heterocycles. The molecular formula is C23H21ClO3. The van der Waals surface area contributed by atoms with Gasteiger partial charge in [-0.1, -0.05) is 79.2 Å². The van der Waals surface area contributed by atoms with Gasteiger partial charge in [-0.2, -0.15) is 0 Å². The van der Waals surface area contributed by atoms with Crippen molar-refractivity contribution in [2.45, 2.75) is 25.2 Å². The van der Waals surface area contributed by atoms with E-state index < -0.39 is 5.97 Å². The van der Waals surface area contributed by atoms with Crippen LogP contribution in [-0.2, 0) is 0 Å². The van der Waals surface area contributed by atoms with Crippen molar-refractivity contribution in [1.29, 1.82) is 0 Å². The first-order chi connectivity index (χ1) is 13.0. The van der Waals surface area contributed by atoms with Crippen molar-refractivity contribution in [3.63, 3.8) is 0 Å². The molecule has 3 aromatic rings. The Bertz CT molecular complexity index is 923. The van der Waals surface area contributed by atoms with E-state index in [2.05, 4.69) is 19.1 Å². The number of hydrogen-bond acceptors (Lipinski definition) is 2. The fraction of sp³-hybridized carbons (Fsp3) is 0.174. The maximum absolute atomic E-state index is 11.5. The number of phenols is 1. The van der Waals surface area contributed by atoms with Gasteiger partial charge in [0.25, 0.3) is 0 Å². The third kappa shape index (κ3) is 4.32. The summed E-state index contributed by atoms with van der Waals surface area (Å²) in [6.07, 6.45) is 0.761. The Balaban J connectivity index is 2.06. The van der Waals surface area contributed by atoms with Crippen LogP contribution in [0.1, 0.15) is 52.2 Å². The predicted molar refractivity (Wildman–Crippen MR) is 108 cm³/mol. The molecule has 27 heavy (non-hydrogen) atoms. The number of carbonyl (C=O) groups is 1. The number of halogens is 1. The topological polar surface area (TPSA) is 57.5 Å². The van der Waals surface area contributed by atoms with Crippen molar-refractivity contribution in [2.75, 3.05) is 0 Å². The Kier molecular flexibility index (Phi) is 5.82. The number of rotatable bonds is 6. The number of benzene rings is 3. The van der Waals surface area contributed by atoms with Gasteiger partial charge in [-0.05, 0) is 41.2 Å². The van der Waals surface area contributed by atoms with Crippen LogP contribution in [0, 0.1) is 0 Å². The summed E-state index contributed by atoms with van der Waals surface area (Å²) in [7, 11) is 0. The van der Waals surface area contributed by atoms with Crippen molar-refractivity contribution in [3.05, 3.63) is 100 Å². The van der Waals surface area contributed by atoms with E-state index in [1.54, 1.807) is 0 Å². The Hall–Kier alpha value is -2.78. The second-order valence-corrected chi connectivity index (χ2v) is 7.11. The van der Waals surface area contributed by atoms with Gasteiger partial charge in [0, 0.05) is 10.9 Å². The summed E-state index contributed by atoms with van der Waals surface area (Å²) in [4.78, 5) is 11.5. The van der Waals surface area contributed by atoms with Crippen LogP contribution in [0.2, 0.25) is 5.02 Å². The van der Waals surface area contributed by atoms with Crippen molar-refractivity contribution >= 4 is 17.6 Å². The van der Waals surface area contributed by atoms with Crippen LogP contribution in [0.4, 0.5) is 0 Å². The summed E-state index contributed by atoms with van der Waals surface area (Å²) in [5, 5.41) is 19.7. The van der Waals surface area contributed by atoms with Crippen molar-refractivity contribution in [1.82, 2.24) is 0 Å². The van der Waals surface area contributed by atoms with Crippen LogP contribution in [-0.4, -0.2) is 16.2 Å². The molecule has 138 valence electrons. The maximum atomic E-state index is 11.5. The first kappa shape index (κ1) is 19.0. The Labute approximate surface area is 163 Å². The molecule has 0 aromatic heterocycles. The molecule has 0 aliphatic heterocycles. The van der Waals surface area contributed by atoms with Crippen LogP contribution >= 0.6 is 11.6 Å². The fourth-order valence-electron chi connectivity index (χ4n) is 3.42. The number of aromatic carboxylic acids is 1. The van der Waals surface area contributed by atoms with Crippen molar-refractivity contribution in [2.24, 2.45) is 0 Å². The Morgan fingerprint density at radius 1 is 0.963 bits per heavy atom. The van der Waals surface area contributed by atoms with Gasteiger partial charge in [-0.3, -0.25) is 0 Å². The summed E-state index contributed by atoms with van der Waals surface area (Å²) in [6.45, 7) is 2.15. The van der Waals surface area contributed by atoms with E-state index in [4.69, 9.17) is 11.6 Å². The summed E-state index contributed by atoms with van der Waals surface area (Å²) in [5.74, 6) is -1.34. The molecule has 3 nitrogen and oxygen atoms in total. The van der Waals surface area contributed by atoms with Crippen LogP contribution in [0.3, 0.4) is 0 Å². The van der Waals surface area contributed by atoms with E-state index in [1.165, 1.54) is 17.7 Å². The lowest BCUT2D eigenvalue weighted by Gasteiger charge is -2.24. The third-order valence-electron chi connectivity index (χ3n) is 4.88. The minimum atomic E-state index is -1.17. The summed E-state index contributed by atoms with van der Waals surface area (Å²) < 4.78 is 0. The second kappa shape index (κ2) is 8.28. The monoisotopic (exact) mass is 380 g/mol. The molecular weight excluding hydrogens is 360 g/mol. The highest BCUT2D eigenvalue weighted by Gasteiger charge is 2.23. The first-order valence-electron chi connectivity index (χ1n) is 8.83. The van der Waals surface area contributed by atoms with Crippen LogP contribution < -0.4 is 0 Å². The lowest BCUT2D eigenvalue weighted by Crippen LogP contribution is -2.09. The average molecular weight is 381 g/mol. The molecule has 0 saturated heterocycles. The average Bonchev–Trinajstić information content (AvgIpc) is 2.67. The molecule has 0 amide bonds. The highest BCUT2D eigenvalue weighted by molar-refractivity contribution is 6.31. The Morgan fingerprint density at radius 3 is 2.07 bits per heavy atom. The molecule has 0 aliphatic carbocycles. The predicted octanol–water partition coefficient (Wildman–Crippen LogP) is 6.07. The highest BCUT2D eigenvalue weighted by Crippen LogP contribution is 2.40. The highest BCUT2D eigenvalue weighted by atomic mass is 35.5. The molecule has 3 rings (SSSR count). The van der Waals surface area contributed by atoms with E-state index in [1.807, 2.05) is 48.5 Å². The lowest BCUT2D eigenvalue weighted by molar-refractivity contribution is 0.0693. The second-order valence-electron chi connectivity index (χ2n) is 6.71. The van der Waals surface area contributed by atoms with Gasteiger partial charge in [-0.25, -0.2) is 4.79 Å². The first-order valence-corrected chi connectivity index (χ1v) is 9.20. The zero-order valence-electron chi connectivity index (χ0n) is 15.0. The van der Waals surface area contributed by atoms with Crippen molar-refractivity contribution < 1.29 is 15.0 Å². The quantitative estimate of drug-likeness (QED) is 0.545. The van der Waals surface area contributed by atoms with Crippen LogP contribution in [0.25, 0.3) is 0 Å². The number of carboxylic acid groups (broad SMARTS) is 1. The molecule has 4 heteroatoms. The molecule has 2 atom stereocenters. The van der Waals surface area contributed by atoms with Crippen LogP contribution in [0.5, 0.6) is 5.75 Å². The number of aromatic hydroxyl groups is 1. The molecule has 0 spiro atoms. The minimum absolute atomic E-state index is 0.0902. The van der Waals surface area contributed by atoms with E-state index in [-0.39, 0.29) is 23.1 Å². The third-order valence-corrected chi connectivity index (χ3v) is 5.21. The van der Waals surface area contributed by atoms with Gasteiger partial charge < -0.3 is 10.2 Å². The number of hydrogen-bond donors (Lipinski definition) is 2. The summed E-state index contributed by atoms with van der Waals surface area (Å²) in [6, 6.07) is 22.9. The van der Waals surface area contributed by atoms with E-state index in [0.717, 1.165) is 12.0 Å². The standard InChI is InChI=1S/C23H21ClO3/c1-15(16-8-4-2-5-9-16)12-18(17-10-6-3-7-11-17)19-13-20(23(26)27)22(25)14-21(19)24/h2-11,13-15,18,25H,12H2,1H3,(H,26,27). The normalized spacial score (nSPS) is 13.1. The lowest BCUT2D eigenvalue weighted by atomic mass is 9.81. The molecule has 3 aromatic carbocycles. The van der Waals surface area contributed by atoms with Gasteiger partial charge in [0.15, 0.2) is 0 Å². The van der Waals surface area contributed by atoms with E-state index >= 15 is 0 Å². The Morgan fingerprint density at radius 2 is 1.52 bits per heavy atom. The van der Waals surface area contributed by atoms with Gasteiger partial charge in [0.05, 0.1) is 0 Å². The largest absolute Gasteiger partial charge is 0.507 e. The van der Waals surface area contributed by atoms with Gasteiger partial charge in [0.2, 0.25) is 0 Å². The van der Waals surface area contributed by atoms with Gasteiger partial charge in [0.1, 0.15) is 11.3 Å². The summed E-state index contributed by atoms with van der Waals surface area (Å²) >= 11 is 6.43. The van der Waals surface area contributed by atoms with E-state index in [0.29, 0.717) is 10.6 Å². The molecule has 0 bridgehead atoms. The molecule has 0 aliphatic rings.